The number of carboxylic acids is 1. The monoisotopic (exact) mass is 1440 g/mol. The van der Waals surface area contributed by atoms with Crippen molar-refractivity contribution in [3.63, 3.8) is 0 Å². The fourth-order valence-electron chi connectivity index (χ4n) is 12.6. The summed E-state index contributed by atoms with van der Waals surface area (Å²) in [5.74, 6) is -2.02. The average molecular weight is 1440 g/mol. The molecule has 1 N–H and O–H groups in total. The summed E-state index contributed by atoms with van der Waals surface area (Å²) in [6.45, 7) is 4.79. The van der Waals surface area contributed by atoms with Gasteiger partial charge in [-0.05, 0) is 89.9 Å². The van der Waals surface area contributed by atoms with Gasteiger partial charge in [-0.2, -0.15) is 0 Å². The maximum absolute atomic E-state index is 13.0. The summed E-state index contributed by atoms with van der Waals surface area (Å²) in [6, 6.07) is 0. The highest BCUT2D eigenvalue weighted by Crippen LogP contribution is 2.20. The van der Waals surface area contributed by atoms with E-state index < -0.39 is 24.3 Å². The summed E-state index contributed by atoms with van der Waals surface area (Å²) in [5, 5.41) is 9.79. The smallest absolute Gasteiger partial charge is 0.361 e. The van der Waals surface area contributed by atoms with E-state index in [4.69, 9.17) is 18.9 Å². The molecule has 0 heterocycles. The number of carboxylic acid groups (broad SMARTS) is 1. The van der Waals surface area contributed by atoms with Gasteiger partial charge in [0.2, 0.25) is 0 Å². The van der Waals surface area contributed by atoms with Crippen molar-refractivity contribution in [1.29, 1.82) is 0 Å². The Labute approximate surface area is 637 Å². The third-order valence-electron chi connectivity index (χ3n) is 19.2. The molecule has 0 amide bonds. The number of nitrogens with zero attached hydrogens (tertiary/aromatic N) is 1. The highest BCUT2D eigenvalue weighted by Gasteiger charge is 2.25. The Morgan fingerprint density at radius 1 is 0.301 bits per heavy atom. The lowest BCUT2D eigenvalue weighted by Gasteiger charge is -2.25. The van der Waals surface area contributed by atoms with Gasteiger partial charge in [-0.3, -0.25) is 9.59 Å². The number of likely N-dealkylation sites (N-methyl/N-ethyl adjacent to an activating group) is 1. The number of esters is 2. The molecule has 2 unspecified atom stereocenters. The predicted octanol–water partition coefficient (Wildman–Crippen LogP) is 28.6. The lowest BCUT2D eigenvalue weighted by atomic mass is 10.0. The van der Waals surface area contributed by atoms with Crippen LogP contribution in [0, 0.1) is 0 Å². The zero-order valence-corrected chi connectivity index (χ0v) is 68.2. The van der Waals surface area contributed by atoms with E-state index in [1.54, 1.807) is 0 Å². The zero-order chi connectivity index (χ0) is 74.6. The normalized spacial score (nSPS) is 13.2. The number of carbonyl (C=O) groups excluding carboxylic acids is 2. The summed E-state index contributed by atoms with van der Waals surface area (Å²) >= 11 is 0. The lowest BCUT2D eigenvalue weighted by Crippen LogP contribution is -2.40. The number of carbonyl (C=O) groups is 3. The van der Waals surface area contributed by atoms with Gasteiger partial charge in [0.05, 0.1) is 34.4 Å². The van der Waals surface area contributed by atoms with Gasteiger partial charge in [0.1, 0.15) is 13.2 Å². The molecule has 0 aromatic rings. The number of unbranched alkanes of at least 4 members (excludes halogenated alkanes) is 46. The zero-order valence-electron chi connectivity index (χ0n) is 68.2. The van der Waals surface area contributed by atoms with Crippen molar-refractivity contribution in [2.75, 3.05) is 47.5 Å². The molecule has 0 aliphatic carbocycles. The Morgan fingerprint density at radius 3 is 0.825 bits per heavy atom. The van der Waals surface area contributed by atoms with Crippen LogP contribution in [0.15, 0.2) is 122 Å². The van der Waals surface area contributed by atoms with Crippen LogP contribution in [0.1, 0.15) is 399 Å². The van der Waals surface area contributed by atoms with Crippen molar-refractivity contribution in [2.45, 2.75) is 411 Å². The minimum absolute atomic E-state index is 0.180. The number of hydrogen-bond donors (Lipinski definition) is 1. The second-order valence-corrected chi connectivity index (χ2v) is 30.5. The highest BCUT2D eigenvalue weighted by atomic mass is 16.7. The van der Waals surface area contributed by atoms with Gasteiger partial charge in [0.15, 0.2) is 6.10 Å². The minimum atomic E-state index is -1.52. The Bertz CT molecular complexity index is 2120. The largest absolute Gasteiger partial charge is 0.477 e. The number of quaternary nitrogens is 1. The topological polar surface area (TPSA) is 108 Å². The van der Waals surface area contributed by atoms with Crippen LogP contribution in [-0.2, 0) is 33.3 Å². The minimum Gasteiger partial charge on any atom is -0.477 e. The first-order chi connectivity index (χ1) is 50.6. The van der Waals surface area contributed by atoms with E-state index >= 15 is 0 Å². The SMILES string of the molecule is CC/C=C\C/C=C\C/C=C\C/C=C\C/C=C\C/C=C\C/C=C\C/C=C\C/C=C\C/C=C\CCCCCCCCC(=O)OC(COC(=O)CCCCCCCCCCCCCCCCCCCCCCCCCCCCCCCCCCCCCCCCCCC)COC(OCC[N+](C)(C)C)C(=O)O. The number of ether oxygens (including phenoxy) is 4. The summed E-state index contributed by atoms with van der Waals surface area (Å²) in [4.78, 5) is 37.8. The summed E-state index contributed by atoms with van der Waals surface area (Å²) in [6.07, 6.45) is 117. The maximum atomic E-state index is 13.0. The van der Waals surface area contributed by atoms with Crippen LogP contribution < -0.4 is 0 Å². The number of allylic oxidation sites excluding steroid dienone is 20. The first-order valence-corrected chi connectivity index (χ1v) is 43.7. The first kappa shape index (κ1) is 98.7. The van der Waals surface area contributed by atoms with E-state index in [2.05, 4.69) is 135 Å². The molecule has 103 heavy (non-hydrogen) atoms. The van der Waals surface area contributed by atoms with Crippen molar-refractivity contribution in [3.8, 4) is 0 Å². The van der Waals surface area contributed by atoms with Gasteiger partial charge >= 0.3 is 17.9 Å². The van der Waals surface area contributed by atoms with E-state index in [9.17, 15) is 19.5 Å². The van der Waals surface area contributed by atoms with Crippen LogP contribution in [0.3, 0.4) is 0 Å². The van der Waals surface area contributed by atoms with E-state index in [1.165, 1.54) is 244 Å². The molecule has 0 fully saturated rings. The van der Waals surface area contributed by atoms with Crippen LogP contribution in [0.2, 0.25) is 0 Å². The van der Waals surface area contributed by atoms with Crippen molar-refractivity contribution in [1.82, 2.24) is 0 Å². The summed E-state index contributed by atoms with van der Waals surface area (Å²) in [5.41, 5.74) is 0. The Kier molecular flexibility index (Phi) is 79.8. The fraction of sp³-hybridized carbons (Fsp3) is 0.755. The quantitative estimate of drug-likeness (QED) is 0.0211. The summed E-state index contributed by atoms with van der Waals surface area (Å²) < 4.78 is 23.0. The van der Waals surface area contributed by atoms with Crippen LogP contribution in [-0.4, -0.2) is 87.4 Å². The molecule has 0 aliphatic heterocycles. The molecular weight excluding hydrogens is 1270 g/mol. The Morgan fingerprint density at radius 2 is 0.553 bits per heavy atom. The van der Waals surface area contributed by atoms with Gasteiger partial charge in [-0.15, -0.1) is 0 Å². The van der Waals surface area contributed by atoms with E-state index in [-0.39, 0.29) is 32.2 Å². The van der Waals surface area contributed by atoms with E-state index in [0.29, 0.717) is 23.9 Å². The molecule has 594 valence electrons. The number of rotatable bonds is 81. The molecule has 9 nitrogen and oxygen atoms in total. The van der Waals surface area contributed by atoms with Crippen molar-refractivity contribution in [3.05, 3.63) is 122 Å². The third kappa shape index (κ3) is 84.8. The molecule has 0 aliphatic rings. The van der Waals surface area contributed by atoms with E-state index in [1.807, 2.05) is 21.1 Å². The standard InChI is InChI=1S/C94H165NO8/c1-6-8-10-12-14-16-18-20-22-24-26-28-30-32-34-36-38-40-42-44-45-46-47-49-50-52-54-56-58-60-62-64-66-68-70-72-74-76-78-80-82-84-91(96)101-88-90(89-102-94(93(98)99)100-87-86-95(3,4)5)103-92(97)85-83-81-79-77-75-73-71-69-67-65-63-61-59-57-55-53-51-48-43-41-39-37-35-33-31-29-27-25-23-21-19-17-15-13-11-9-7-2/h9,11,15,17,21,23,27,29,33,35,39,41,48,51,55,57,61,63,67,69,90,94H,6-8,10,12-14,16,18-20,22,24-26,28,30-32,34,36-38,40,42-47,49-50,52-54,56,58-60,62,64-66,68,70-89H2,1-5H3/p+1/b11-9-,17-15-,23-21-,29-27-,35-33-,41-39-,51-48-,57-55-,63-61-,69-67-. The molecule has 9 heteroatoms. The third-order valence-corrected chi connectivity index (χ3v) is 19.2. The van der Waals surface area contributed by atoms with Gasteiger partial charge < -0.3 is 28.5 Å². The van der Waals surface area contributed by atoms with Gasteiger partial charge in [0, 0.05) is 12.8 Å². The van der Waals surface area contributed by atoms with Gasteiger partial charge in [0.25, 0.3) is 6.29 Å². The van der Waals surface area contributed by atoms with Gasteiger partial charge in [-0.25, -0.2) is 4.79 Å². The molecule has 0 aromatic heterocycles. The Balaban J connectivity index is 4.01. The second-order valence-electron chi connectivity index (χ2n) is 30.5. The molecule has 0 bridgehead atoms. The average Bonchev–Trinajstić information content (AvgIpc) is 1.16. The van der Waals surface area contributed by atoms with Crippen molar-refractivity contribution >= 4 is 17.9 Å². The van der Waals surface area contributed by atoms with E-state index in [0.717, 1.165) is 122 Å². The lowest BCUT2D eigenvalue weighted by molar-refractivity contribution is -0.870. The van der Waals surface area contributed by atoms with Crippen LogP contribution in [0.25, 0.3) is 0 Å². The van der Waals surface area contributed by atoms with Gasteiger partial charge in [-0.1, -0.05) is 418 Å². The molecule has 0 saturated heterocycles. The van der Waals surface area contributed by atoms with Crippen LogP contribution in [0.5, 0.6) is 0 Å². The predicted molar refractivity (Wildman–Crippen MR) is 447 cm³/mol. The molecule has 0 radical (unpaired) electrons. The summed E-state index contributed by atoms with van der Waals surface area (Å²) in [7, 11) is 5.98. The van der Waals surface area contributed by atoms with Crippen molar-refractivity contribution < 1.29 is 42.9 Å². The molecule has 0 aromatic carbocycles. The fourth-order valence-corrected chi connectivity index (χ4v) is 12.6. The number of hydrogen-bond acceptors (Lipinski definition) is 7. The van der Waals surface area contributed by atoms with Crippen molar-refractivity contribution in [2.24, 2.45) is 0 Å². The number of aliphatic carboxylic acids is 1. The molecule has 0 spiro atoms. The second kappa shape index (κ2) is 83.3. The maximum Gasteiger partial charge on any atom is 0.361 e. The molecule has 0 rings (SSSR count). The highest BCUT2D eigenvalue weighted by molar-refractivity contribution is 5.71. The molecule has 2 atom stereocenters. The van der Waals surface area contributed by atoms with Crippen LogP contribution >= 0.6 is 0 Å². The first-order valence-electron chi connectivity index (χ1n) is 43.7. The Hall–Kier alpha value is -4.31. The molecule has 0 saturated carbocycles. The molecular formula is C94H166NO8+. The van der Waals surface area contributed by atoms with Crippen LogP contribution in [0.4, 0.5) is 0 Å².